The topological polar surface area (TPSA) is 215 Å². The number of benzene rings is 14. The summed E-state index contributed by atoms with van der Waals surface area (Å²) in [5, 5.41) is 32.1. The van der Waals surface area contributed by atoms with Gasteiger partial charge in [0.2, 0.25) is 0 Å². The van der Waals surface area contributed by atoms with Gasteiger partial charge in [0.1, 0.15) is 5.75 Å². The van der Waals surface area contributed by atoms with E-state index in [0.717, 1.165) is 105 Å². The van der Waals surface area contributed by atoms with Gasteiger partial charge in [-0.05, 0) is 189 Å². The van der Waals surface area contributed by atoms with Crippen LogP contribution in [0.1, 0.15) is 51.8 Å². The fourth-order valence-corrected chi connectivity index (χ4v) is 13.7. The average molecular weight is 1570 g/mol. The summed E-state index contributed by atoms with van der Waals surface area (Å²) in [7, 11) is -6.30. The highest BCUT2D eigenvalue weighted by Gasteiger charge is 2.52. The lowest BCUT2D eigenvalue weighted by Gasteiger charge is -2.32. The normalized spacial score (nSPS) is 12.6. The summed E-state index contributed by atoms with van der Waals surface area (Å²) in [6.45, 7) is 15.2. The van der Waals surface area contributed by atoms with Crippen molar-refractivity contribution < 1.29 is 35.1 Å². The molecule has 0 aliphatic carbocycles. The van der Waals surface area contributed by atoms with Crippen molar-refractivity contribution >= 4 is 49.9 Å². The van der Waals surface area contributed by atoms with Gasteiger partial charge in [0.15, 0.2) is 40.6 Å². The second-order valence-corrected chi connectivity index (χ2v) is 30.1. The second-order valence-electron chi connectivity index (χ2n) is 28.5. The van der Waals surface area contributed by atoms with E-state index in [1.165, 1.54) is 18.2 Å². The average Bonchev–Trinajstić information content (AvgIpc) is 1.60. The van der Waals surface area contributed by atoms with Crippen molar-refractivity contribution in [3.05, 3.63) is 356 Å². The molecule has 17 rings (SSSR count). The molecule has 1 fully saturated rings. The van der Waals surface area contributed by atoms with Gasteiger partial charge in [0, 0.05) is 33.4 Å². The van der Waals surface area contributed by atoms with Crippen LogP contribution in [0.2, 0.25) is 0 Å². The number of hydrogen-bond donors (Lipinski definition) is 0. The zero-order valence-corrected chi connectivity index (χ0v) is 64.1. The summed E-state index contributed by atoms with van der Waals surface area (Å²) in [6, 6.07) is 110. The fraction of sp³-hybridized carbons (Fsp3) is 0.0816. The van der Waals surface area contributed by atoms with E-state index in [4.69, 9.17) is 45.8 Å². The third-order valence-corrected chi connectivity index (χ3v) is 21.1. The van der Waals surface area contributed by atoms with Crippen molar-refractivity contribution in [2.24, 2.45) is 0 Å². The van der Waals surface area contributed by atoms with Crippen LogP contribution in [0.25, 0.3) is 150 Å². The summed E-state index contributed by atoms with van der Waals surface area (Å²) in [5.41, 5.74) is 11.2. The van der Waals surface area contributed by atoms with E-state index in [1.54, 1.807) is 30.3 Å². The molecular formula is C98H70BF3N10O5S. The second kappa shape index (κ2) is 34.0. The Bertz CT molecular complexity index is 6610. The highest BCUT2D eigenvalue weighted by molar-refractivity contribution is 7.88. The van der Waals surface area contributed by atoms with Crippen molar-refractivity contribution in [3.8, 4) is 148 Å². The predicted octanol–water partition coefficient (Wildman–Crippen LogP) is 23.4. The Labute approximate surface area is 682 Å². The van der Waals surface area contributed by atoms with Crippen LogP contribution in [0.3, 0.4) is 0 Å². The molecule has 0 N–H and O–H groups in total. The maximum Gasteiger partial charge on any atom is 0.534 e. The maximum absolute atomic E-state index is 12.8. The van der Waals surface area contributed by atoms with Gasteiger partial charge < -0.3 is 13.5 Å². The SMILES string of the molecule is C.N#Cc1cccc(-c2cc(C#N)cc(-c3ccc4ccc(-c5ccc(-c6nc(-c7ccccc7)nc(-c7ccccc7)n6)cc5)cc4c3)c2)c1.O=S(=O)(Oc1ccc2ccc(-c3ccc(-c4nc(-c5ccccc5)nc(-c5ccccc5)n4)cc3)cc2c1)C(F)(F)F.[C-]#[N+]c1cccc(-c2cc(C#N)cc(B3OC(C)(C)C(C)(C)O3)c2)c1. The van der Waals surface area contributed by atoms with E-state index >= 15 is 0 Å². The first-order valence-electron chi connectivity index (χ1n) is 37.0. The molecule has 0 saturated carbocycles. The molecule has 15 nitrogen and oxygen atoms in total. The van der Waals surface area contributed by atoms with Gasteiger partial charge in [0.25, 0.3) is 0 Å². The number of nitriles is 3. The number of nitrogens with zero attached hydrogens (tertiary/aromatic N) is 10. The van der Waals surface area contributed by atoms with Gasteiger partial charge in [-0.1, -0.05) is 256 Å². The summed E-state index contributed by atoms with van der Waals surface area (Å²) < 4.78 is 77.7. The monoisotopic (exact) mass is 1570 g/mol. The number of rotatable bonds is 14. The maximum atomic E-state index is 12.8. The van der Waals surface area contributed by atoms with E-state index in [0.29, 0.717) is 68.1 Å². The summed E-state index contributed by atoms with van der Waals surface area (Å²) in [6.07, 6.45) is 0. The van der Waals surface area contributed by atoms with Gasteiger partial charge in [-0.25, -0.2) is 34.7 Å². The standard InChI is InChI=1S/C45H27N5.C32H20F3N3O3S.C20H19BN2O2.CH4/c46-28-30-8-7-13-37(22-30)40-23-31(29-47)24-41(27-40)39-21-17-33-16-20-38(25-42(33)26-39)32-14-18-36(19-15-32)45-49-43(34-9-3-1-4-10-34)48-44(50-45)35-11-5-2-6-12-35;33-32(34,35)42(39,40)41-28-18-17-22-13-16-26(19-27(22)20-28)21-11-14-25(15-12-21)31-37-29(23-7-3-1-4-8-23)36-30(38-31)24-9-5-2-6-10-24;1-19(2)20(3,4)25-21(24-19)17-10-14(13-22)9-16(11-17)15-7-6-8-18(12-15)23-5;/h1-27H;1-20H;6-12H,1-4H3;1H4. The molecule has 572 valence electrons. The Hall–Kier alpha value is -14.9. The van der Waals surface area contributed by atoms with Gasteiger partial charge in [0.05, 0.1) is 52.7 Å². The van der Waals surface area contributed by atoms with Gasteiger partial charge in [-0.3, -0.25) is 0 Å². The molecule has 0 atom stereocenters. The minimum Gasteiger partial charge on any atom is -0.399 e. The van der Waals surface area contributed by atoms with Gasteiger partial charge in [-0.15, -0.1) is 0 Å². The van der Waals surface area contributed by atoms with Crippen LogP contribution >= 0.6 is 0 Å². The molecule has 118 heavy (non-hydrogen) atoms. The lowest BCUT2D eigenvalue weighted by atomic mass is 9.77. The van der Waals surface area contributed by atoms with E-state index in [2.05, 4.69) is 94.0 Å². The lowest BCUT2D eigenvalue weighted by molar-refractivity contribution is -0.0500. The van der Waals surface area contributed by atoms with Crippen LogP contribution < -0.4 is 9.65 Å². The fourth-order valence-electron chi connectivity index (χ4n) is 13.3. The molecule has 2 aromatic heterocycles. The minimum absolute atomic E-state index is 0. The lowest BCUT2D eigenvalue weighted by Crippen LogP contribution is -2.41. The van der Waals surface area contributed by atoms with Crippen molar-refractivity contribution in [2.75, 3.05) is 0 Å². The smallest absolute Gasteiger partial charge is 0.399 e. The van der Waals surface area contributed by atoms with Crippen LogP contribution in [0.15, 0.2) is 328 Å². The molecule has 1 aliphatic rings. The first-order chi connectivity index (χ1) is 56.5. The Morgan fingerprint density at radius 2 is 0.661 bits per heavy atom. The molecular weight excluding hydrogens is 1500 g/mol. The first-order valence-corrected chi connectivity index (χ1v) is 38.4. The Balaban J connectivity index is 0.000000153. The third-order valence-electron chi connectivity index (χ3n) is 20.1. The van der Waals surface area contributed by atoms with Gasteiger partial charge in [-0.2, -0.15) is 37.4 Å². The van der Waals surface area contributed by atoms with Crippen molar-refractivity contribution in [3.63, 3.8) is 0 Å². The largest absolute Gasteiger partial charge is 0.534 e. The first kappa shape index (κ1) is 79.7. The molecule has 0 unspecified atom stereocenters. The number of halogens is 3. The highest BCUT2D eigenvalue weighted by atomic mass is 32.2. The zero-order chi connectivity index (χ0) is 81.4. The van der Waals surface area contributed by atoms with Crippen molar-refractivity contribution in [2.45, 2.75) is 51.8 Å². The van der Waals surface area contributed by atoms with Crippen LogP contribution in [0, 0.1) is 40.6 Å². The minimum atomic E-state index is -5.77. The van der Waals surface area contributed by atoms with E-state index < -0.39 is 39.7 Å². The summed E-state index contributed by atoms with van der Waals surface area (Å²) in [5.74, 6) is 3.04. The quantitative estimate of drug-likeness (QED) is 0.0429. The van der Waals surface area contributed by atoms with Crippen LogP contribution in [0.4, 0.5) is 18.9 Å². The van der Waals surface area contributed by atoms with Gasteiger partial charge >= 0.3 is 22.7 Å². The van der Waals surface area contributed by atoms with Crippen LogP contribution in [0.5, 0.6) is 5.75 Å². The molecule has 0 spiro atoms. The van der Waals surface area contributed by atoms with Crippen molar-refractivity contribution in [1.82, 2.24) is 29.9 Å². The Kier molecular flexibility index (Phi) is 23.0. The Morgan fingerprint density at radius 3 is 1.06 bits per heavy atom. The summed E-state index contributed by atoms with van der Waals surface area (Å²) >= 11 is 0. The molecule has 1 saturated heterocycles. The van der Waals surface area contributed by atoms with Crippen LogP contribution in [-0.4, -0.2) is 62.2 Å². The molecule has 0 amide bonds. The third kappa shape index (κ3) is 17.9. The number of fused-ring (bicyclic) bond motifs is 2. The number of alkyl halides is 3. The number of aromatic nitrogens is 6. The van der Waals surface area contributed by atoms with E-state index in [1.807, 2.05) is 240 Å². The molecule has 0 bridgehead atoms. The molecule has 1 aliphatic heterocycles. The molecule has 20 heteroatoms. The number of hydrogen-bond acceptors (Lipinski definition) is 14. The zero-order valence-electron chi connectivity index (χ0n) is 63.3. The molecule has 0 radical (unpaired) electrons. The molecule has 16 aromatic rings. The predicted molar refractivity (Wildman–Crippen MR) is 459 cm³/mol. The van der Waals surface area contributed by atoms with Crippen molar-refractivity contribution in [1.29, 1.82) is 15.8 Å². The van der Waals surface area contributed by atoms with Crippen LogP contribution in [-0.2, 0) is 19.4 Å². The Morgan fingerprint density at radius 1 is 0.347 bits per heavy atom. The molecule has 14 aromatic carbocycles. The van der Waals surface area contributed by atoms with E-state index in [-0.39, 0.29) is 7.43 Å². The van der Waals surface area contributed by atoms with E-state index in [9.17, 15) is 37.4 Å². The summed E-state index contributed by atoms with van der Waals surface area (Å²) in [4.78, 5) is 32.2. The highest BCUT2D eigenvalue weighted by Crippen LogP contribution is 2.40. The molecule has 3 heterocycles.